The van der Waals surface area contributed by atoms with Crippen molar-refractivity contribution >= 4 is 38.7 Å². The fraction of sp³-hybridized carbons (Fsp3) is 1.00. The summed E-state index contributed by atoms with van der Waals surface area (Å²) in [5.74, 6) is -11.4. The van der Waals surface area contributed by atoms with Crippen LogP contribution in [0.4, 0.5) is 27.3 Å². The summed E-state index contributed by atoms with van der Waals surface area (Å²) in [6.07, 6.45) is 0. The van der Waals surface area contributed by atoms with Crippen molar-refractivity contribution < 1.29 is 69.4 Å². The Morgan fingerprint density at radius 2 is 0.583 bits per heavy atom. The van der Waals surface area contributed by atoms with Crippen LogP contribution in [0.3, 0.4) is 0 Å². The van der Waals surface area contributed by atoms with E-state index in [9.17, 15) is 73.9 Å². The van der Waals surface area contributed by atoms with Gasteiger partial charge in [0.15, 0.2) is 0 Å². The second-order valence-corrected chi connectivity index (χ2v) is 5.29. The Morgan fingerprint density at radius 1 is 0.472 bits per heavy atom. The monoisotopic (exact) mass is 618 g/mol. The number of alkyl halides is 3. The second kappa shape index (κ2) is 20.1. The summed E-state index contributed by atoms with van der Waals surface area (Å²) >= 11 is 8.86. The molecule has 0 aromatic carbocycles. The van der Waals surface area contributed by atoms with Crippen LogP contribution in [-0.2, 0) is 12.5 Å². The minimum absolute atomic E-state index is 0. The molecule has 0 spiro atoms. The van der Waals surface area contributed by atoms with Crippen molar-refractivity contribution in [2.45, 2.75) is 17.7 Å². The Morgan fingerprint density at radius 3 is 0.611 bits per heavy atom. The molecule has 30 heteroatoms. The number of rotatable bonds is 12. The standard InChI is InChI=1S/3C2H3FN2O5S.3FH/c3*3-2(1-10-11,4(6)7)5(8)9;;;/h3*11H,1H2;3*1H. The van der Waals surface area contributed by atoms with Crippen molar-refractivity contribution in [3.8, 4) is 0 Å². The third-order valence-corrected chi connectivity index (χ3v) is 2.81. The molecule has 0 aliphatic rings. The van der Waals surface area contributed by atoms with Gasteiger partial charge in [-0.3, -0.25) is 87.3 Å². The largest absolute Gasteiger partial charge is 0.639 e. The number of thiol groups is 3. The predicted molar refractivity (Wildman–Crippen MR) is 106 cm³/mol. The minimum atomic E-state index is -3.80. The summed E-state index contributed by atoms with van der Waals surface area (Å²) in [4.78, 5) is 48.2. The Balaban J connectivity index is -0.0000000900. The molecule has 216 valence electrons. The van der Waals surface area contributed by atoms with Crippen molar-refractivity contribution in [2.75, 3.05) is 19.8 Å². The minimum Gasteiger partial charge on any atom is -0.299 e. The maximum Gasteiger partial charge on any atom is 0.639 e. The summed E-state index contributed by atoms with van der Waals surface area (Å²) in [6, 6.07) is 0. The van der Waals surface area contributed by atoms with E-state index in [4.69, 9.17) is 0 Å². The fourth-order valence-corrected chi connectivity index (χ4v) is 1.26. The molecule has 0 aromatic heterocycles. The third kappa shape index (κ3) is 13.7. The van der Waals surface area contributed by atoms with Gasteiger partial charge in [0.05, 0.1) is 0 Å². The van der Waals surface area contributed by atoms with Crippen molar-refractivity contribution in [3.05, 3.63) is 60.7 Å². The van der Waals surface area contributed by atoms with Crippen LogP contribution in [-0.4, -0.2) is 67.1 Å². The van der Waals surface area contributed by atoms with Crippen LogP contribution in [0.15, 0.2) is 0 Å². The van der Waals surface area contributed by atoms with Crippen molar-refractivity contribution in [1.29, 1.82) is 0 Å². The highest BCUT2D eigenvalue weighted by atomic mass is 32.1. The lowest BCUT2D eigenvalue weighted by Gasteiger charge is -2.04. The van der Waals surface area contributed by atoms with Crippen LogP contribution < -0.4 is 0 Å². The summed E-state index contributed by atoms with van der Waals surface area (Å²) in [7, 11) is 0. The molecule has 0 unspecified atom stereocenters. The number of nitrogens with zero attached hydrogens (tertiary/aromatic N) is 6. The van der Waals surface area contributed by atoms with Gasteiger partial charge in [-0.15, -0.1) is 0 Å². The van der Waals surface area contributed by atoms with Crippen LogP contribution >= 0.6 is 38.7 Å². The van der Waals surface area contributed by atoms with Gasteiger partial charge < -0.3 is 0 Å². The third-order valence-electron chi connectivity index (χ3n) is 2.42. The Bertz CT molecular complexity index is 618. The lowest BCUT2D eigenvalue weighted by atomic mass is 10.5. The van der Waals surface area contributed by atoms with E-state index >= 15 is 0 Å². The average molecular weight is 618 g/mol. The Hall–Kier alpha value is -3.09. The normalized spacial score (nSPS) is 10.2. The molecule has 36 heavy (non-hydrogen) atoms. The Labute approximate surface area is 207 Å². The maximum absolute atomic E-state index is 12.5. The van der Waals surface area contributed by atoms with Crippen molar-refractivity contribution in [3.63, 3.8) is 0 Å². The number of hydrogen-bond donors (Lipinski definition) is 3. The first-order chi connectivity index (χ1) is 14.8. The van der Waals surface area contributed by atoms with Crippen LogP contribution in [0, 0.1) is 60.7 Å². The van der Waals surface area contributed by atoms with Crippen LogP contribution in [0.25, 0.3) is 0 Å². The molecule has 0 N–H and O–H groups in total. The highest BCUT2D eigenvalue weighted by Crippen LogP contribution is 2.15. The topological polar surface area (TPSA) is 287 Å². The van der Waals surface area contributed by atoms with Crippen LogP contribution in [0.5, 0.6) is 0 Å². The quantitative estimate of drug-likeness (QED) is 0.0511. The summed E-state index contributed by atoms with van der Waals surface area (Å²) in [5, 5.41) is 58.4. The summed E-state index contributed by atoms with van der Waals surface area (Å²) in [6.45, 7) is -4.01. The average Bonchev–Trinajstić information content (AvgIpc) is 2.68. The first kappa shape index (κ1) is 46.3. The van der Waals surface area contributed by atoms with Crippen molar-refractivity contribution in [2.24, 2.45) is 0 Å². The van der Waals surface area contributed by atoms with E-state index in [0.29, 0.717) is 0 Å². The zero-order valence-corrected chi connectivity index (χ0v) is 18.8. The van der Waals surface area contributed by atoms with E-state index in [-0.39, 0.29) is 14.1 Å². The van der Waals surface area contributed by atoms with E-state index in [1.807, 2.05) is 0 Å². The zero-order chi connectivity index (χ0) is 27.2. The lowest BCUT2D eigenvalue weighted by molar-refractivity contribution is -0.832. The van der Waals surface area contributed by atoms with E-state index in [0.717, 1.165) is 0 Å². The maximum atomic E-state index is 12.5. The molecule has 0 saturated carbocycles. The number of nitro groups is 6. The molecule has 0 radical (unpaired) electrons. The molecule has 0 atom stereocenters. The van der Waals surface area contributed by atoms with Gasteiger partial charge in [-0.2, -0.15) is 0 Å². The molecule has 0 rings (SSSR count). The SMILES string of the molecule is F.F.F.O=[N+]([O-])C(F)(COS)[N+](=O)[O-].O=[N+]([O-])C(F)(COS)[N+](=O)[O-].O=[N+]([O-])C(F)(COS)[N+](=O)[O-]. The summed E-state index contributed by atoms with van der Waals surface area (Å²) < 4.78 is 48.4. The van der Waals surface area contributed by atoms with Gasteiger partial charge in [0.25, 0.3) is 0 Å². The highest BCUT2D eigenvalue weighted by molar-refractivity contribution is 7.75. The molecule has 0 aromatic rings. The molecule has 0 aliphatic heterocycles. The number of hydrogen-bond acceptors (Lipinski definition) is 18. The lowest BCUT2D eigenvalue weighted by Crippen LogP contribution is -2.45. The van der Waals surface area contributed by atoms with Gasteiger partial charge in [0, 0.05) is 0 Å². The van der Waals surface area contributed by atoms with Crippen LogP contribution in [0.2, 0.25) is 0 Å². The molecule has 0 fully saturated rings. The number of halogens is 6. The first-order valence-corrected chi connectivity index (χ1v) is 7.67. The molecule has 0 saturated heterocycles. The molecule has 0 aliphatic carbocycles. The fourth-order valence-electron chi connectivity index (χ4n) is 0.763. The second-order valence-electron chi connectivity index (χ2n) is 4.52. The van der Waals surface area contributed by atoms with Gasteiger partial charge in [-0.25, -0.2) is 0 Å². The smallest absolute Gasteiger partial charge is 0.299 e. The van der Waals surface area contributed by atoms with Crippen molar-refractivity contribution in [1.82, 2.24) is 0 Å². The molecule has 0 amide bonds. The van der Waals surface area contributed by atoms with E-state index in [1.54, 1.807) is 0 Å². The van der Waals surface area contributed by atoms with Gasteiger partial charge in [0.2, 0.25) is 19.8 Å². The molecule has 21 nitrogen and oxygen atoms in total. The Kier molecular flexibility index (Phi) is 25.9. The molecule has 0 heterocycles. The summed E-state index contributed by atoms with van der Waals surface area (Å²) in [5.41, 5.74) is 0. The molecular formula is C6H12F6N6O15S3. The highest BCUT2D eigenvalue weighted by Gasteiger charge is 2.59. The first-order valence-electron chi connectivity index (χ1n) is 6.57. The van der Waals surface area contributed by atoms with Gasteiger partial charge in [0.1, 0.15) is 29.5 Å². The zero-order valence-electron chi connectivity index (χ0n) is 16.1. The van der Waals surface area contributed by atoms with Gasteiger partial charge in [-0.05, 0) is 38.7 Å². The van der Waals surface area contributed by atoms with E-state index in [2.05, 4.69) is 51.3 Å². The molecular weight excluding hydrogens is 606 g/mol. The molecule has 0 bridgehead atoms. The van der Waals surface area contributed by atoms with E-state index in [1.165, 1.54) is 0 Å². The van der Waals surface area contributed by atoms with Gasteiger partial charge in [-0.1, -0.05) is 13.2 Å². The van der Waals surface area contributed by atoms with Crippen LogP contribution in [0.1, 0.15) is 0 Å². The van der Waals surface area contributed by atoms with Gasteiger partial charge >= 0.3 is 17.7 Å². The van der Waals surface area contributed by atoms with E-state index < -0.39 is 67.1 Å². The predicted octanol–water partition coefficient (Wildman–Crippen LogP) is 0.531.